The van der Waals surface area contributed by atoms with E-state index in [-0.39, 0.29) is 12.5 Å². The highest BCUT2D eigenvalue weighted by Gasteiger charge is 2.13. The van der Waals surface area contributed by atoms with Crippen LogP contribution in [0.2, 0.25) is 0 Å². The van der Waals surface area contributed by atoms with Crippen LogP contribution in [0.4, 0.5) is 5.69 Å². The largest absolute Gasteiger partial charge is 0.495 e. The average Bonchev–Trinajstić information content (AvgIpc) is 3.06. The number of amides is 1. The van der Waals surface area contributed by atoms with Crippen molar-refractivity contribution in [2.45, 2.75) is 45.4 Å². The quantitative estimate of drug-likeness (QED) is 0.534. The summed E-state index contributed by atoms with van der Waals surface area (Å²) in [5.41, 5.74) is 5.77. The monoisotopic (exact) mass is 329 g/mol. The van der Waals surface area contributed by atoms with E-state index in [1.54, 1.807) is 7.11 Å². The lowest BCUT2D eigenvalue weighted by Gasteiger charge is -2.10. The number of allylic oxidation sites excluding steroid dienone is 2. The highest BCUT2D eigenvalue weighted by Crippen LogP contribution is 2.23. The Morgan fingerprint density at radius 2 is 2.12 bits per heavy atom. The summed E-state index contributed by atoms with van der Waals surface area (Å²) >= 11 is 0. The van der Waals surface area contributed by atoms with Crippen LogP contribution < -0.4 is 15.5 Å². The van der Waals surface area contributed by atoms with Gasteiger partial charge in [-0.25, -0.2) is 5.43 Å². The Bertz CT molecular complexity index is 608. The molecule has 0 fully saturated rings. The first-order valence-electron chi connectivity index (χ1n) is 8.66. The normalized spacial score (nSPS) is 15.2. The molecule has 1 aliphatic rings. The molecule has 1 amide bonds. The first-order valence-corrected chi connectivity index (χ1v) is 8.66. The number of para-hydroxylation sites is 2. The number of hydrogen-bond acceptors (Lipinski definition) is 4. The van der Waals surface area contributed by atoms with Gasteiger partial charge in [0.2, 0.25) is 0 Å². The Balaban J connectivity index is 1.81. The summed E-state index contributed by atoms with van der Waals surface area (Å²) in [7, 11) is 1.61. The van der Waals surface area contributed by atoms with E-state index in [4.69, 9.17) is 4.74 Å². The number of methoxy groups -OCH3 is 1. The maximum atomic E-state index is 12.0. The fourth-order valence-electron chi connectivity index (χ4n) is 2.74. The molecule has 5 heteroatoms. The minimum Gasteiger partial charge on any atom is -0.495 e. The summed E-state index contributed by atoms with van der Waals surface area (Å²) in [6.07, 6.45) is 8.88. The molecule has 0 radical (unpaired) electrons. The lowest BCUT2D eigenvalue weighted by molar-refractivity contribution is -0.119. The van der Waals surface area contributed by atoms with Gasteiger partial charge in [-0.15, -0.1) is 0 Å². The summed E-state index contributed by atoms with van der Waals surface area (Å²) in [4.78, 5) is 12.0. The van der Waals surface area contributed by atoms with Gasteiger partial charge in [-0.2, -0.15) is 5.10 Å². The molecule has 5 nitrogen and oxygen atoms in total. The number of nitrogens with one attached hydrogen (secondary N) is 2. The van der Waals surface area contributed by atoms with E-state index in [1.165, 1.54) is 24.8 Å². The second kappa shape index (κ2) is 9.75. The maximum Gasteiger partial charge on any atom is 0.259 e. The van der Waals surface area contributed by atoms with Crippen LogP contribution in [-0.2, 0) is 4.79 Å². The zero-order chi connectivity index (χ0) is 17.2. The molecule has 0 unspecified atom stereocenters. The first kappa shape index (κ1) is 18.0. The molecule has 130 valence electrons. The van der Waals surface area contributed by atoms with Gasteiger partial charge in [-0.3, -0.25) is 4.79 Å². The average molecular weight is 329 g/mol. The van der Waals surface area contributed by atoms with E-state index in [0.717, 1.165) is 30.7 Å². The second-order valence-electron chi connectivity index (χ2n) is 5.87. The van der Waals surface area contributed by atoms with Gasteiger partial charge in [0.25, 0.3) is 5.91 Å². The van der Waals surface area contributed by atoms with Crippen LogP contribution in [0.5, 0.6) is 5.75 Å². The van der Waals surface area contributed by atoms with E-state index < -0.39 is 0 Å². The Morgan fingerprint density at radius 1 is 1.29 bits per heavy atom. The Morgan fingerprint density at radius 3 is 2.92 bits per heavy atom. The third kappa shape index (κ3) is 5.41. The number of benzene rings is 1. The van der Waals surface area contributed by atoms with Gasteiger partial charge < -0.3 is 10.1 Å². The van der Waals surface area contributed by atoms with Gasteiger partial charge in [0.05, 0.1) is 25.1 Å². The highest BCUT2D eigenvalue weighted by atomic mass is 16.5. The summed E-state index contributed by atoms with van der Waals surface area (Å²) in [5, 5.41) is 7.39. The highest BCUT2D eigenvalue weighted by molar-refractivity contribution is 6.02. The van der Waals surface area contributed by atoms with E-state index in [9.17, 15) is 4.79 Å². The van der Waals surface area contributed by atoms with Crippen molar-refractivity contribution >= 4 is 17.3 Å². The van der Waals surface area contributed by atoms with Crippen molar-refractivity contribution in [2.75, 3.05) is 19.0 Å². The van der Waals surface area contributed by atoms with E-state index in [2.05, 4.69) is 28.8 Å². The zero-order valence-electron chi connectivity index (χ0n) is 14.6. The molecular formula is C19H27N3O2. The Labute approximate surface area is 144 Å². The maximum absolute atomic E-state index is 12.0. The molecule has 1 aliphatic carbocycles. The van der Waals surface area contributed by atoms with Gasteiger partial charge in [-0.05, 0) is 43.4 Å². The summed E-state index contributed by atoms with van der Waals surface area (Å²) in [6.45, 7) is 2.36. The zero-order valence-corrected chi connectivity index (χ0v) is 14.6. The summed E-state index contributed by atoms with van der Waals surface area (Å²) in [6, 6.07) is 7.52. The predicted molar refractivity (Wildman–Crippen MR) is 98.5 cm³/mol. The van der Waals surface area contributed by atoms with Gasteiger partial charge in [0, 0.05) is 0 Å². The molecule has 24 heavy (non-hydrogen) atoms. The fraction of sp³-hybridized carbons (Fsp3) is 0.474. The molecule has 0 spiro atoms. The number of rotatable bonds is 9. The van der Waals surface area contributed by atoms with E-state index >= 15 is 0 Å². The lowest BCUT2D eigenvalue weighted by atomic mass is 10.1. The van der Waals surface area contributed by atoms with Crippen molar-refractivity contribution in [3.8, 4) is 5.75 Å². The first-order chi connectivity index (χ1) is 11.7. The number of nitrogens with zero attached hydrogens (tertiary/aromatic N) is 1. The van der Waals surface area contributed by atoms with Gasteiger partial charge in [0.15, 0.2) is 0 Å². The number of anilines is 1. The van der Waals surface area contributed by atoms with E-state index in [0.29, 0.717) is 5.75 Å². The molecule has 2 N–H and O–H groups in total. The predicted octanol–water partition coefficient (Wildman–Crippen LogP) is 3.88. The molecule has 2 rings (SSSR count). The molecule has 1 aromatic rings. The van der Waals surface area contributed by atoms with Gasteiger partial charge in [0.1, 0.15) is 5.75 Å². The fourth-order valence-corrected chi connectivity index (χ4v) is 2.74. The molecule has 0 saturated carbocycles. The topological polar surface area (TPSA) is 62.7 Å². The van der Waals surface area contributed by atoms with Crippen LogP contribution in [0, 0.1) is 0 Å². The smallest absolute Gasteiger partial charge is 0.259 e. The SMILES string of the molecule is CCCCCC1=CCC/C1=N/NC(=O)CNc1ccccc1OC. The second-order valence-corrected chi connectivity index (χ2v) is 5.87. The third-order valence-corrected chi connectivity index (χ3v) is 4.05. The minimum atomic E-state index is -0.159. The number of hydrazone groups is 1. The van der Waals surface area contributed by atoms with Crippen molar-refractivity contribution in [2.24, 2.45) is 5.10 Å². The van der Waals surface area contributed by atoms with Crippen LogP contribution >= 0.6 is 0 Å². The molecule has 0 aromatic heterocycles. The van der Waals surface area contributed by atoms with Gasteiger partial charge >= 0.3 is 0 Å². The van der Waals surface area contributed by atoms with Crippen molar-refractivity contribution in [1.82, 2.24) is 5.43 Å². The molecule has 0 heterocycles. The van der Waals surface area contributed by atoms with Crippen molar-refractivity contribution in [1.29, 1.82) is 0 Å². The van der Waals surface area contributed by atoms with Crippen LogP contribution in [-0.4, -0.2) is 25.3 Å². The molecule has 0 bridgehead atoms. The van der Waals surface area contributed by atoms with Crippen molar-refractivity contribution in [3.63, 3.8) is 0 Å². The Hall–Kier alpha value is -2.30. The van der Waals surface area contributed by atoms with Crippen molar-refractivity contribution in [3.05, 3.63) is 35.9 Å². The number of carbonyl (C=O) groups is 1. The molecule has 0 saturated heterocycles. The van der Waals surface area contributed by atoms with E-state index in [1.807, 2.05) is 24.3 Å². The summed E-state index contributed by atoms with van der Waals surface area (Å²) in [5.74, 6) is 0.557. The number of ether oxygens (including phenoxy) is 1. The lowest BCUT2D eigenvalue weighted by Crippen LogP contribution is -2.27. The van der Waals surface area contributed by atoms with Crippen LogP contribution in [0.1, 0.15) is 45.4 Å². The number of carbonyl (C=O) groups excluding carboxylic acids is 1. The standard InChI is InChI=1S/C19H27N3O2/c1-3-4-5-9-15-10-8-12-16(15)21-22-19(23)14-20-17-11-6-7-13-18(17)24-2/h6-7,10-11,13,20H,3-5,8-9,12,14H2,1-2H3,(H,22,23)/b21-16-. The molecular weight excluding hydrogens is 302 g/mol. The minimum absolute atomic E-state index is 0.159. The molecule has 0 atom stereocenters. The van der Waals surface area contributed by atoms with Crippen LogP contribution in [0.15, 0.2) is 41.0 Å². The molecule has 0 aliphatic heterocycles. The Kier molecular flexibility index (Phi) is 7.33. The van der Waals surface area contributed by atoms with Crippen LogP contribution in [0.25, 0.3) is 0 Å². The molecule has 1 aromatic carbocycles. The third-order valence-electron chi connectivity index (χ3n) is 4.05. The van der Waals surface area contributed by atoms with Crippen LogP contribution in [0.3, 0.4) is 0 Å². The van der Waals surface area contributed by atoms with Crippen molar-refractivity contribution < 1.29 is 9.53 Å². The number of unbranched alkanes of at least 4 members (excludes halogenated alkanes) is 2. The number of hydrogen-bond donors (Lipinski definition) is 2. The van der Waals surface area contributed by atoms with Gasteiger partial charge in [-0.1, -0.05) is 38.0 Å². The summed E-state index contributed by atoms with van der Waals surface area (Å²) < 4.78 is 5.25.